The fraction of sp³-hybridized carbons (Fsp3) is 0.485. The van der Waals surface area contributed by atoms with Crippen LogP contribution in [0.3, 0.4) is 0 Å². The van der Waals surface area contributed by atoms with E-state index in [0.717, 1.165) is 62.5 Å². The molecule has 2 saturated carbocycles. The van der Waals surface area contributed by atoms with Gasteiger partial charge < -0.3 is 20.5 Å². The predicted octanol–water partition coefficient (Wildman–Crippen LogP) is 5.56. The molecule has 2 fully saturated rings. The average Bonchev–Trinajstić information content (AvgIpc) is 2.99. The van der Waals surface area contributed by atoms with Gasteiger partial charge in [0.15, 0.2) is 0 Å². The van der Waals surface area contributed by atoms with E-state index in [9.17, 15) is 25.4 Å². The molecule has 0 aliphatic heterocycles. The summed E-state index contributed by atoms with van der Waals surface area (Å²) in [6, 6.07) is 15.8. The normalized spacial score (nSPS) is 21.8. The average molecular weight is 571 g/mol. The van der Waals surface area contributed by atoms with Gasteiger partial charge in [-0.15, -0.1) is 0 Å². The third-order valence-corrected chi connectivity index (χ3v) is 8.42. The molecule has 0 spiro atoms. The number of carbonyl (C=O) groups excluding carboxylic acids is 3. The van der Waals surface area contributed by atoms with E-state index in [1.807, 2.05) is 48.5 Å². The topological polar surface area (TPSA) is 142 Å². The van der Waals surface area contributed by atoms with Gasteiger partial charge in [-0.2, -0.15) is 9.58 Å². The van der Waals surface area contributed by atoms with Crippen molar-refractivity contribution in [3.8, 4) is 0 Å². The molecule has 2 aromatic rings. The number of carbonyl (C=O) groups is 3. The minimum Gasteiger partial charge on any atom is -0.463 e. The van der Waals surface area contributed by atoms with Gasteiger partial charge in [-0.1, -0.05) is 48.5 Å². The molecule has 0 saturated heterocycles. The van der Waals surface area contributed by atoms with E-state index in [-0.39, 0.29) is 48.4 Å². The molecule has 0 N–H and O–H groups in total. The third kappa shape index (κ3) is 8.41. The SMILES string of the molecule is CC(=O)OC1CCC(c2ccc(CC(=[N+]=[N-])C(=O)C(Cc3ccc(C4CCC(OC(C)=O)CC4)cc3)=[N+]=[N-])cc2)CC1. The minimum absolute atomic E-state index is 0.00686. The third-order valence-electron chi connectivity index (χ3n) is 8.42. The van der Waals surface area contributed by atoms with Crippen molar-refractivity contribution in [3.05, 3.63) is 81.8 Å². The highest BCUT2D eigenvalue weighted by Crippen LogP contribution is 2.35. The molecule has 9 heteroatoms. The van der Waals surface area contributed by atoms with E-state index in [0.29, 0.717) is 11.8 Å². The summed E-state index contributed by atoms with van der Waals surface area (Å²) >= 11 is 0. The standard InChI is InChI=1S/C33H38N4O5/c1-21(38)41-29-15-11-27(12-16-29)25-7-3-23(4-8-25)19-31(36-34)33(40)32(37-35)20-24-5-9-26(10-6-24)28-13-17-30(18-14-28)42-22(2)39/h3-10,27-30H,11-20H2,1-2H3. The lowest BCUT2D eigenvalue weighted by Gasteiger charge is -2.28. The van der Waals surface area contributed by atoms with Gasteiger partial charge in [-0.3, -0.25) is 14.4 Å². The monoisotopic (exact) mass is 570 g/mol. The summed E-state index contributed by atoms with van der Waals surface area (Å²) in [6.45, 7) is 2.88. The number of rotatable bonds is 10. The molecule has 220 valence electrons. The fourth-order valence-electron chi connectivity index (χ4n) is 6.19. The van der Waals surface area contributed by atoms with Gasteiger partial charge in [0, 0.05) is 13.8 Å². The van der Waals surface area contributed by atoms with Gasteiger partial charge in [-0.05, 0) is 85.5 Å². The quantitative estimate of drug-likeness (QED) is 0.159. The van der Waals surface area contributed by atoms with E-state index in [1.165, 1.54) is 25.0 Å². The lowest BCUT2D eigenvalue weighted by Crippen LogP contribution is -2.29. The lowest BCUT2D eigenvalue weighted by molar-refractivity contribution is -0.148. The molecule has 9 nitrogen and oxygen atoms in total. The second kappa shape index (κ2) is 14.6. The van der Waals surface area contributed by atoms with Crippen LogP contribution >= 0.6 is 0 Å². The number of hydrogen-bond donors (Lipinski definition) is 0. The summed E-state index contributed by atoms with van der Waals surface area (Å²) in [5, 5.41) is 0. The van der Waals surface area contributed by atoms with Crippen LogP contribution in [0.5, 0.6) is 0 Å². The molecule has 0 radical (unpaired) electrons. The van der Waals surface area contributed by atoms with Crippen molar-refractivity contribution in [2.24, 2.45) is 0 Å². The maximum absolute atomic E-state index is 13.1. The van der Waals surface area contributed by atoms with Crippen LogP contribution in [0, 0.1) is 0 Å². The summed E-state index contributed by atoms with van der Waals surface area (Å²) in [7, 11) is 0. The van der Waals surface area contributed by atoms with E-state index >= 15 is 0 Å². The zero-order chi connectivity index (χ0) is 30.1. The van der Waals surface area contributed by atoms with Gasteiger partial charge >= 0.3 is 29.1 Å². The van der Waals surface area contributed by atoms with Gasteiger partial charge in [-0.25, -0.2) is 0 Å². The molecule has 4 rings (SSSR count). The minimum atomic E-state index is -0.610. The maximum Gasteiger partial charge on any atom is 0.351 e. The van der Waals surface area contributed by atoms with Crippen molar-refractivity contribution in [2.45, 2.75) is 102 Å². The van der Waals surface area contributed by atoms with E-state index in [4.69, 9.17) is 9.47 Å². The fourth-order valence-corrected chi connectivity index (χ4v) is 6.19. The van der Waals surface area contributed by atoms with Crippen LogP contribution in [0.1, 0.15) is 99.3 Å². The summed E-state index contributed by atoms with van der Waals surface area (Å²) < 4.78 is 10.7. The molecule has 0 heterocycles. The van der Waals surface area contributed by atoms with E-state index < -0.39 is 5.78 Å². The first-order valence-corrected chi connectivity index (χ1v) is 14.7. The lowest BCUT2D eigenvalue weighted by atomic mass is 9.82. The number of nitrogens with zero attached hydrogens (tertiary/aromatic N) is 4. The van der Waals surface area contributed by atoms with Crippen LogP contribution in [0.4, 0.5) is 0 Å². The highest BCUT2D eigenvalue weighted by molar-refractivity contribution is 6.64. The Hall–Kier alpha value is -4.19. The van der Waals surface area contributed by atoms with Gasteiger partial charge in [0.2, 0.25) is 0 Å². The van der Waals surface area contributed by atoms with Crippen LogP contribution < -0.4 is 0 Å². The Morgan fingerprint density at radius 3 is 1.24 bits per heavy atom. The Bertz CT molecular complexity index is 1270. The molecule has 2 aliphatic carbocycles. The Kier molecular flexibility index (Phi) is 10.7. The number of hydrogen-bond acceptors (Lipinski definition) is 5. The van der Waals surface area contributed by atoms with Crippen LogP contribution in [0.15, 0.2) is 48.5 Å². The summed E-state index contributed by atoms with van der Waals surface area (Å²) in [4.78, 5) is 42.0. The van der Waals surface area contributed by atoms with Crippen molar-refractivity contribution in [1.29, 1.82) is 0 Å². The van der Waals surface area contributed by atoms with Gasteiger partial charge in [0.05, 0.1) is 12.8 Å². The molecular weight excluding hydrogens is 532 g/mol. The van der Waals surface area contributed by atoms with Crippen molar-refractivity contribution in [3.63, 3.8) is 0 Å². The molecular formula is C33H38N4O5. The number of ether oxygens (including phenoxy) is 2. The highest BCUT2D eigenvalue weighted by Gasteiger charge is 2.33. The van der Waals surface area contributed by atoms with Gasteiger partial charge in [0.25, 0.3) is 0 Å². The van der Waals surface area contributed by atoms with Crippen LogP contribution in [0.2, 0.25) is 0 Å². The van der Waals surface area contributed by atoms with Crippen molar-refractivity contribution in [2.75, 3.05) is 0 Å². The second-order valence-electron chi connectivity index (χ2n) is 11.4. The van der Waals surface area contributed by atoms with Crippen molar-refractivity contribution >= 4 is 29.1 Å². The molecule has 0 aromatic heterocycles. The summed E-state index contributed by atoms with van der Waals surface area (Å²) in [5.74, 6) is -0.319. The zero-order valence-electron chi connectivity index (χ0n) is 24.3. The predicted molar refractivity (Wildman–Crippen MR) is 156 cm³/mol. The second-order valence-corrected chi connectivity index (χ2v) is 11.4. The van der Waals surface area contributed by atoms with Crippen LogP contribution in [-0.2, 0) is 36.7 Å². The number of benzene rings is 2. The van der Waals surface area contributed by atoms with E-state index in [2.05, 4.69) is 9.58 Å². The first-order chi connectivity index (χ1) is 20.2. The van der Waals surface area contributed by atoms with Crippen molar-refractivity contribution in [1.82, 2.24) is 0 Å². The Morgan fingerprint density at radius 1 is 0.619 bits per heavy atom. The first kappa shape index (κ1) is 30.8. The summed E-state index contributed by atoms with van der Waals surface area (Å²) in [5.41, 5.74) is 23.0. The van der Waals surface area contributed by atoms with Crippen LogP contribution in [-0.4, -0.2) is 50.9 Å². The highest BCUT2D eigenvalue weighted by atomic mass is 16.5. The molecule has 0 unspecified atom stereocenters. The molecule has 0 amide bonds. The van der Waals surface area contributed by atoms with Crippen molar-refractivity contribution < 1.29 is 33.4 Å². The zero-order valence-corrected chi connectivity index (χ0v) is 24.3. The molecule has 2 aromatic carbocycles. The Labute approximate surface area is 246 Å². The maximum atomic E-state index is 13.1. The largest absolute Gasteiger partial charge is 0.463 e. The summed E-state index contributed by atoms with van der Waals surface area (Å²) in [6.07, 6.45) is 7.30. The smallest absolute Gasteiger partial charge is 0.351 e. The van der Waals surface area contributed by atoms with E-state index in [1.54, 1.807) is 0 Å². The number of Topliss-reactive ketones (excluding diaryl/α,β-unsaturated/α-hetero) is 1. The first-order valence-electron chi connectivity index (χ1n) is 14.7. The Morgan fingerprint density at radius 2 is 0.952 bits per heavy atom. The Balaban J connectivity index is 1.30. The molecule has 42 heavy (non-hydrogen) atoms. The number of ketones is 1. The molecule has 0 atom stereocenters. The van der Waals surface area contributed by atoms with Crippen LogP contribution in [0.25, 0.3) is 11.1 Å². The number of esters is 2. The van der Waals surface area contributed by atoms with Gasteiger partial charge in [0.1, 0.15) is 12.2 Å². The molecule has 2 aliphatic rings. The molecule has 0 bridgehead atoms.